The summed E-state index contributed by atoms with van der Waals surface area (Å²) in [5.41, 5.74) is 0. The minimum atomic E-state index is -1.18. The number of alkyl halides is 1. The van der Waals surface area contributed by atoms with Gasteiger partial charge >= 0.3 is 5.97 Å². The predicted octanol–water partition coefficient (Wildman–Crippen LogP) is -1.21. The predicted molar refractivity (Wildman–Crippen MR) is 57.3 cm³/mol. The lowest BCUT2D eigenvalue weighted by atomic mass is 10.0. The second-order valence-electron chi connectivity index (χ2n) is 3.26. The van der Waals surface area contributed by atoms with Crippen LogP contribution in [0.2, 0.25) is 0 Å². The van der Waals surface area contributed by atoms with Crippen molar-refractivity contribution in [3.63, 3.8) is 0 Å². The van der Waals surface area contributed by atoms with E-state index in [1.807, 2.05) is 22.6 Å². The van der Waals surface area contributed by atoms with Crippen LogP contribution in [0.3, 0.4) is 0 Å². The number of aliphatic hydroxyl groups is 3. The van der Waals surface area contributed by atoms with E-state index in [0.29, 0.717) is 0 Å². The Morgan fingerprint density at radius 1 is 1.47 bits per heavy atom. The van der Waals surface area contributed by atoms with Crippen LogP contribution in [0.1, 0.15) is 6.92 Å². The van der Waals surface area contributed by atoms with E-state index in [4.69, 9.17) is 14.6 Å². The van der Waals surface area contributed by atoms with E-state index in [9.17, 15) is 15.0 Å². The number of hydrogen-bond donors (Lipinski definition) is 3. The molecule has 1 aliphatic heterocycles. The maximum Gasteiger partial charge on any atom is 0.304 e. The van der Waals surface area contributed by atoms with Crippen molar-refractivity contribution in [3.8, 4) is 0 Å². The highest BCUT2D eigenvalue weighted by molar-refractivity contribution is 14.1. The summed E-state index contributed by atoms with van der Waals surface area (Å²) in [6, 6.07) is 0. The molecule has 0 aromatic carbocycles. The average molecular weight is 332 g/mol. The van der Waals surface area contributed by atoms with E-state index in [0.717, 1.165) is 0 Å². The summed E-state index contributed by atoms with van der Waals surface area (Å²) in [6.07, 6.45) is -4.15. The number of carbonyl (C=O) groups excluding carboxylic acids is 1. The minimum absolute atomic E-state index is 0.445. The van der Waals surface area contributed by atoms with Crippen molar-refractivity contribution >= 4 is 28.6 Å². The lowest BCUT2D eigenvalue weighted by molar-refractivity contribution is -0.243. The van der Waals surface area contributed by atoms with Crippen LogP contribution in [0.15, 0.2) is 0 Å². The molecular formula is C8H13IO6. The highest BCUT2D eigenvalue weighted by Crippen LogP contribution is 2.27. The van der Waals surface area contributed by atoms with Gasteiger partial charge in [-0.25, -0.2) is 0 Å². The number of aliphatic hydroxyl groups excluding tert-OH is 3. The molecule has 6 nitrogen and oxygen atoms in total. The first-order chi connectivity index (χ1) is 6.97. The minimum Gasteiger partial charge on any atom is -0.435 e. The molecule has 1 fully saturated rings. The van der Waals surface area contributed by atoms with Crippen LogP contribution in [0.25, 0.3) is 0 Å². The van der Waals surface area contributed by atoms with Crippen LogP contribution < -0.4 is 0 Å². The van der Waals surface area contributed by atoms with Crippen molar-refractivity contribution in [1.29, 1.82) is 0 Å². The molecule has 5 atom stereocenters. The monoisotopic (exact) mass is 332 g/mol. The van der Waals surface area contributed by atoms with Crippen LogP contribution in [0.4, 0.5) is 0 Å². The molecule has 0 radical (unpaired) electrons. The Kier molecular flexibility index (Phi) is 4.71. The average Bonchev–Trinajstić information content (AvgIpc) is 2.18. The molecule has 3 N–H and O–H groups in total. The summed E-state index contributed by atoms with van der Waals surface area (Å²) >= 11 is 1.83. The quantitative estimate of drug-likeness (QED) is 0.334. The van der Waals surface area contributed by atoms with Crippen molar-refractivity contribution in [3.05, 3.63) is 0 Å². The van der Waals surface area contributed by atoms with Crippen molar-refractivity contribution in [2.24, 2.45) is 0 Å². The zero-order valence-corrected chi connectivity index (χ0v) is 10.2. The maximum absolute atomic E-state index is 10.7. The van der Waals surface area contributed by atoms with Gasteiger partial charge in [-0.3, -0.25) is 4.79 Å². The van der Waals surface area contributed by atoms with Gasteiger partial charge in [-0.2, -0.15) is 0 Å². The zero-order valence-electron chi connectivity index (χ0n) is 8.04. The standard InChI is InChI=1S/C8H13IO6/c1-3(11)14-8-5(9)7(13)6(12)4(2-10)15-8/h4-8,10,12-13H,2H2,1H3/t4-,5+,6-,7-,8+/m1/s1. The van der Waals surface area contributed by atoms with Crippen molar-refractivity contribution in [2.45, 2.75) is 35.5 Å². The van der Waals surface area contributed by atoms with Gasteiger partial charge in [0, 0.05) is 6.92 Å². The van der Waals surface area contributed by atoms with E-state index in [1.54, 1.807) is 0 Å². The smallest absolute Gasteiger partial charge is 0.304 e. The van der Waals surface area contributed by atoms with Crippen LogP contribution in [0.5, 0.6) is 0 Å². The first-order valence-electron chi connectivity index (χ1n) is 4.41. The van der Waals surface area contributed by atoms with E-state index < -0.39 is 41.1 Å². The fourth-order valence-corrected chi connectivity index (χ4v) is 2.05. The van der Waals surface area contributed by atoms with Gasteiger partial charge < -0.3 is 24.8 Å². The third kappa shape index (κ3) is 3.00. The molecule has 0 spiro atoms. The first-order valence-corrected chi connectivity index (χ1v) is 5.65. The van der Waals surface area contributed by atoms with Gasteiger partial charge in [0.25, 0.3) is 0 Å². The van der Waals surface area contributed by atoms with E-state index in [1.165, 1.54) is 6.92 Å². The molecule has 88 valence electrons. The molecule has 1 rings (SSSR count). The molecule has 1 heterocycles. The number of carbonyl (C=O) groups is 1. The van der Waals surface area contributed by atoms with Crippen LogP contribution >= 0.6 is 22.6 Å². The molecule has 0 unspecified atom stereocenters. The lowest BCUT2D eigenvalue weighted by Gasteiger charge is -2.39. The molecule has 0 amide bonds. The first kappa shape index (κ1) is 13.1. The van der Waals surface area contributed by atoms with Crippen molar-refractivity contribution in [1.82, 2.24) is 0 Å². The topological polar surface area (TPSA) is 96.2 Å². The number of halogens is 1. The number of hydrogen-bond acceptors (Lipinski definition) is 6. The summed E-state index contributed by atoms with van der Waals surface area (Å²) in [7, 11) is 0. The second kappa shape index (κ2) is 5.39. The number of ether oxygens (including phenoxy) is 2. The van der Waals surface area contributed by atoms with Gasteiger partial charge in [-0.05, 0) is 0 Å². The molecule has 1 saturated heterocycles. The van der Waals surface area contributed by atoms with Gasteiger partial charge in [-0.1, -0.05) is 22.6 Å². The molecule has 0 aliphatic carbocycles. The third-order valence-corrected chi connectivity index (χ3v) is 3.41. The van der Waals surface area contributed by atoms with E-state index in [2.05, 4.69) is 0 Å². The van der Waals surface area contributed by atoms with Crippen molar-refractivity contribution < 1.29 is 29.6 Å². The second-order valence-corrected chi connectivity index (χ2v) is 4.70. The Hall–Kier alpha value is 0.0400. The molecule has 0 aromatic rings. The third-order valence-electron chi connectivity index (χ3n) is 2.09. The van der Waals surface area contributed by atoms with Crippen LogP contribution in [-0.2, 0) is 14.3 Å². The summed E-state index contributed by atoms with van der Waals surface area (Å²) in [5.74, 6) is -0.540. The number of esters is 1. The Labute approximate surface area is 100 Å². The Balaban J connectivity index is 2.69. The highest BCUT2D eigenvalue weighted by atomic mass is 127. The van der Waals surface area contributed by atoms with Gasteiger partial charge in [0.15, 0.2) is 0 Å². The van der Waals surface area contributed by atoms with Gasteiger partial charge in [-0.15, -0.1) is 0 Å². The Bertz CT molecular complexity index is 233. The molecule has 7 heteroatoms. The summed E-state index contributed by atoms with van der Waals surface area (Å²) in [6.45, 7) is 0.775. The Morgan fingerprint density at radius 3 is 2.53 bits per heavy atom. The van der Waals surface area contributed by atoms with Crippen LogP contribution in [0, 0.1) is 0 Å². The molecular weight excluding hydrogens is 319 g/mol. The number of rotatable bonds is 2. The van der Waals surface area contributed by atoms with Gasteiger partial charge in [0.05, 0.1) is 6.61 Å². The Morgan fingerprint density at radius 2 is 2.07 bits per heavy atom. The fraction of sp³-hybridized carbons (Fsp3) is 0.875. The molecule has 0 aromatic heterocycles. The highest BCUT2D eigenvalue weighted by Gasteiger charge is 2.44. The molecule has 15 heavy (non-hydrogen) atoms. The van der Waals surface area contributed by atoms with E-state index >= 15 is 0 Å². The van der Waals surface area contributed by atoms with Crippen LogP contribution in [-0.4, -0.2) is 56.4 Å². The van der Waals surface area contributed by atoms with Crippen molar-refractivity contribution in [2.75, 3.05) is 6.61 Å². The normalized spacial score (nSPS) is 41.3. The lowest BCUT2D eigenvalue weighted by Crippen LogP contribution is -2.57. The fourth-order valence-electron chi connectivity index (χ4n) is 1.30. The summed E-state index contributed by atoms with van der Waals surface area (Å²) in [4.78, 5) is 10.7. The van der Waals surface area contributed by atoms with E-state index in [-0.39, 0.29) is 0 Å². The molecule has 0 bridgehead atoms. The molecule has 0 saturated carbocycles. The summed E-state index contributed by atoms with van der Waals surface area (Å²) in [5, 5.41) is 27.9. The maximum atomic E-state index is 10.7. The molecule has 1 aliphatic rings. The van der Waals surface area contributed by atoms with Gasteiger partial charge in [0.2, 0.25) is 6.29 Å². The summed E-state index contributed by atoms with van der Waals surface area (Å²) < 4.78 is 9.37. The van der Waals surface area contributed by atoms with Gasteiger partial charge in [0.1, 0.15) is 22.2 Å². The zero-order chi connectivity index (χ0) is 11.6. The largest absolute Gasteiger partial charge is 0.435 e. The SMILES string of the molecule is CC(=O)O[C@H]1O[C@H](CO)[C@@H](O)[C@H](O)[C@@H]1I.